The number of aliphatic hydroxyl groups excluding tert-OH is 1. The van der Waals surface area contributed by atoms with Gasteiger partial charge in [-0.1, -0.05) is 55.8 Å². The molecule has 0 saturated carbocycles. The summed E-state index contributed by atoms with van der Waals surface area (Å²) in [7, 11) is -3.77. The number of hydrogen-bond donors (Lipinski definition) is 1. The molecule has 4 atom stereocenters. The zero-order valence-electron chi connectivity index (χ0n) is 16.2. The van der Waals surface area contributed by atoms with E-state index in [-0.39, 0.29) is 15.7 Å². The van der Waals surface area contributed by atoms with Crippen LogP contribution in [-0.2, 0) is 21.2 Å². The van der Waals surface area contributed by atoms with Crippen molar-refractivity contribution in [2.45, 2.75) is 44.5 Å². The van der Waals surface area contributed by atoms with Crippen molar-refractivity contribution in [2.75, 3.05) is 0 Å². The summed E-state index contributed by atoms with van der Waals surface area (Å²) in [5, 5.41) is 11.2. The Bertz CT molecular complexity index is 952. The largest absolute Gasteiger partial charge is 0.392 e. The molecule has 1 aliphatic rings. The van der Waals surface area contributed by atoms with Gasteiger partial charge >= 0.3 is 0 Å². The lowest BCUT2D eigenvalue weighted by molar-refractivity contribution is -0.0402. The highest BCUT2D eigenvalue weighted by Crippen LogP contribution is 2.41. The highest BCUT2D eigenvalue weighted by atomic mass is 35.5. The first-order valence-corrected chi connectivity index (χ1v) is 11.1. The Labute approximate surface area is 171 Å². The standard InChI is InChI=1S/C22H25ClO4S/c1-14-20(24)15(2)22(28(25,26)19-11-9-18(23)10-12-19)16(3)21(14)27-13-17-7-5-4-6-8-17/h4-12,14-15,20-21,24H,13H2,1-3H3/t14-,15-,20+,21+/m0/s1. The fraction of sp³-hybridized carbons (Fsp3) is 0.364. The number of halogens is 1. The minimum absolute atomic E-state index is 0.168. The number of sulfone groups is 1. The molecule has 6 heteroatoms. The Kier molecular flexibility index (Phi) is 6.30. The summed E-state index contributed by atoms with van der Waals surface area (Å²) in [4.78, 5) is 0.403. The Hall–Kier alpha value is -1.66. The van der Waals surface area contributed by atoms with Gasteiger partial charge in [0.25, 0.3) is 0 Å². The molecule has 0 radical (unpaired) electrons. The zero-order chi connectivity index (χ0) is 20.5. The maximum atomic E-state index is 13.3. The summed E-state index contributed by atoms with van der Waals surface area (Å²) < 4.78 is 32.7. The number of benzene rings is 2. The molecule has 1 aliphatic carbocycles. The summed E-state index contributed by atoms with van der Waals surface area (Å²) in [6, 6.07) is 15.8. The van der Waals surface area contributed by atoms with Crippen LogP contribution in [0.1, 0.15) is 26.3 Å². The van der Waals surface area contributed by atoms with E-state index in [0.717, 1.165) is 5.56 Å². The van der Waals surface area contributed by atoms with E-state index >= 15 is 0 Å². The van der Waals surface area contributed by atoms with E-state index < -0.39 is 28.0 Å². The van der Waals surface area contributed by atoms with Gasteiger partial charge in [0.1, 0.15) is 0 Å². The van der Waals surface area contributed by atoms with Gasteiger partial charge < -0.3 is 9.84 Å². The van der Waals surface area contributed by atoms with Crippen molar-refractivity contribution < 1.29 is 18.3 Å². The highest BCUT2D eigenvalue weighted by Gasteiger charge is 2.43. The van der Waals surface area contributed by atoms with Gasteiger partial charge in [-0.15, -0.1) is 0 Å². The lowest BCUT2D eigenvalue weighted by Gasteiger charge is -2.39. The summed E-state index contributed by atoms with van der Waals surface area (Å²) in [6.07, 6.45) is -1.30. The molecule has 0 fully saturated rings. The van der Waals surface area contributed by atoms with Crippen LogP contribution in [0.5, 0.6) is 0 Å². The molecular formula is C22H25ClO4S. The average Bonchev–Trinajstić information content (AvgIpc) is 2.67. The molecule has 1 N–H and O–H groups in total. The number of ether oxygens (including phenoxy) is 1. The first-order valence-electron chi connectivity index (χ1n) is 9.28. The minimum Gasteiger partial charge on any atom is -0.392 e. The zero-order valence-corrected chi connectivity index (χ0v) is 17.7. The van der Waals surface area contributed by atoms with Crippen LogP contribution in [-0.4, -0.2) is 25.7 Å². The van der Waals surface area contributed by atoms with E-state index in [1.165, 1.54) is 12.1 Å². The van der Waals surface area contributed by atoms with Gasteiger partial charge in [-0.25, -0.2) is 8.42 Å². The van der Waals surface area contributed by atoms with E-state index in [2.05, 4.69) is 0 Å². The summed E-state index contributed by atoms with van der Waals surface area (Å²) in [5.41, 5.74) is 1.65. The second-order valence-corrected chi connectivity index (χ2v) is 9.71. The molecular weight excluding hydrogens is 396 g/mol. The molecule has 2 aromatic carbocycles. The smallest absolute Gasteiger partial charge is 0.203 e. The highest BCUT2D eigenvalue weighted by molar-refractivity contribution is 7.95. The third-order valence-corrected chi connectivity index (χ3v) is 7.86. The molecule has 0 aliphatic heterocycles. The number of hydrogen-bond acceptors (Lipinski definition) is 4. The van der Waals surface area contributed by atoms with Crippen LogP contribution in [0.25, 0.3) is 0 Å². The van der Waals surface area contributed by atoms with Gasteiger partial charge in [0.2, 0.25) is 9.84 Å². The van der Waals surface area contributed by atoms with Crippen molar-refractivity contribution in [3.63, 3.8) is 0 Å². The fourth-order valence-electron chi connectivity index (χ4n) is 3.92. The molecule has 2 aromatic rings. The maximum absolute atomic E-state index is 13.3. The molecule has 0 heterocycles. The summed E-state index contributed by atoms with van der Waals surface area (Å²) in [6.45, 7) is 5.78. The number of rotatable bonds is 5. The molecule has 0 aromatic heterocycles. The maximum Gasteiger partial charge on any atom is 0.203 e. The van der Waals surface area contributed by atoms with E-state index in [9.17, 15) is 13.5 Å². The van der Waals surface area contributed by atoms with Gasteiger partial charge in [0.05, 0.1) is 28.6 Å². The molecule has 0 unspecified atom stereocenters. The topological polar surface area (TPSA) is 63.6 Å². The molecule has 0 saturated heterocycles. The average molecular weight is 421 g/mol. The predicted molar refractivity (Wildman–Crippen MR) is 111 cm³/mol. The quantitative estimate of drug-likeness (QED) is 0.766. The van der Waals surface area contributed by atoms with Crippen molar-refractivity contribution in [3.8, 4) is 0 Å². The second-order valence-electron chi connectivity index (χ2n) is 7.36. The van der Waals surface area contributed by atoms with Gasteiger partial charge in [-0.2, -0.15) is 0 Å². The van der Waals surface area contributed by atoms with Crippen molar-refractivity contribution >= 4 is 21.4 Å². The predicted octanol–water partition coefficient (Wildman–Crippen LogP) is 4.62. The van der Waals surface area contributed by atoms with Crippen LogP contribution in [0, 0.1) is 11.8 Å². The van der Waals surface area contributed by atoms with Crippen LogP contribution in [0.3, 0.4) is 0 Å². The van der Waals surface area contributed by atoms with Crippen molar-refractivity contribution in [1.82, 2.24) is 0 Å². The fourth-order valence-corrected chi connectivity index (χ4v) is 5.96. The van der Waals surface area contributed by atoms with E-state index in [4.69, 9.17) is 16.3 Å². The molecule has 150 valence electrons. The van der Waals surface area contributed by atoms with Gasteiger partial charge in [-0.05, 0) is 42.3 Å². The van der Waals surface area contributed by atoms with Crippen LogP contribution in [0.2, 0.25) is 5.02 Å². The molecule has 28 heavy (non-hydrogen) atoms. The lowest BCUT2D eigenvalue weighted by atomic mass is 9.79. The SMILES string of the molecule is CC1=C(S(=O)(=O)c2ccc(Cl)cc2)[C@@H](C)[C@H](O)[C@H](C)[C@H]1OCc1ccccc1. The normalized spacial score (nSPS) is 25.8. The van der Waals surface area contributed by atoms with Crippen LogP contribution in [0.15, 0.2) is 70.0 Å². The third-order valence-electron chi connectivity index (χ3n) is 5.44. The van der Waals surface area contributed by atoms with Gasteiger partial charge in [-0.3, -0.25) is 0 Å². The Balaban J connectivity index is 1.99. The van der Waals surface area contributed by atoms with Crippen LogP contribution in [0.4, 0.5) is 0 Å². The minimum atomic E-state index is -3.77. The molecule has 0 spiro atoms. The van der Waals surface area contributed by atoms with Gasteiger partial charge in [0, 0.05) is 16.9 Å². The third kappa shape index (κ3) is 4.03. The van der Waals surface area contributed by atoms with E-state index in [0.29, 0.717) is 17.2 Å². The summed E-state index contributed by atoms with van der Waals surface area (Å²) in [5.74, 6) is -0.741. The first-order chi connectivity index (χ1) is 13.2. The molecule has 4 nitrogen and oxygen atoms in total. The molecule has 0 bridgehead atoms. The van der Waals surface area contributed by atoms with Crippen LogP contribution >= 0.6 is 11.6 Å². The van der Waals surface area contributed by atoms with Crippen molar-refractivity contribution in [1.29, 1.82) is 0 Å². The van der Waals surface area contributed by atoms with Gasteiger partial charge in [0.15, 0.2) is 0 Å². The summed E-state index contributed by atoms with van der Waals surface area (Å²) >= 11 is 5.90. The second kappa shape index (κ2) is 8.37. The van der Waals surface area contributed by atoms with E-state index in [1.807, 2.05) is 37.3 Å². The van der Waals surface area contributed by atoms with Crippen molar-refractivity contribution in [2.24, 2.45) is 11.8 Å². The lowest BCUT2D eigenvalue weighted by Crippen LogP contribution is -2.43. The molecule has 0 amide bonds. The molecule has 3 rings (SSSR count). The Morgan fingerprint density at radius 1 is 1.04 bits per heavy atom. The first kappa shape index (κ1) is 21.1. The monoisotopic (exact) mass is 420 g/mol. The Morgan fingerprint density at radius 2 is 1.64 bits per heavy atom. The van der Waals surface area contributed by atoms with Crippen molar-refractivity contribution in [3.05, 3.63) is 75.7 Å². The Morgan fingerprint density at radius 3 is 2.25 bits per heavy atom. The van der Waals surface area contributed by atoms with Crippen LogP contribution < -0.4 is 0 Å². The number of aliphatic hydroxyl groups is 1. The van der Waals surface area contributed by atoms with E-state index in [1.54, 1.807) is 26.0 Å².